The van der Waals surface area contributed by atoms with E-state index in [-0.39, 0.29) is 6.04 Å². The van der Waals surface area contributed by atoms with E-state index in [1.54, 1.807) is 4.57 Å². The molecule has 2 aromatic rings. The molecular formula is C27H34N2O6. The van der Waals surface area contributed by atoms with Gasteiger partial charge >= 0.3 is 18.0 Å². The van der Waals surface area contributed by atoms with E-state index in [0.29, 0.717) is 13.0 Å². The van der Waals surface area contributed by atoms with Gasteiger partial charge in [0.05, 0.1) is 31.5 Å². The Morgan fingerprint density at radius 1 is 1.09 bits per heavy atom. The lowest BCUT2D eigenvalue weighted by atomic mass is 9.75. The van der Waals surface area contributed by atoms with E-state index in [1.165, 1.54) is 14.2 Å². The van der Waals surface area contributed by atoms with Crippen molar-refractivity contribution < 1.29 is 28.6 Å². The van der Waals surface area contributed by atoms with E-state index >= 15 is 0 Å². The first-order valence-corrected chi connectivity index (χ1v) is 12.0. The highest BCUT2D eigenvalue weighted by molar-refractivity contribution is 5.96. The number of aromatic nitrogens is 1. The summed E-state index contributed by atoms with van der Waals surface area (Å²) in [7, 11) is 2.56. The third-order valence-corrected chi connectivity index (χ3v) is 7.02. The number of esters is 2. The quantitative estimate of drug-likeness (QED) is 0.280. The van der Waals surface area contributed by atoms with Crippen molar-refractivity contribution in [3.63, 3.8) is 0 Å². The summed E-state index contributed by atoms with van der Waals surface area (Å²) in [5.41, 5.74) is 3.13. The fourth-order valence-electron chi connectivity index (χ4n) is 5.56. The molecule has 0 spiro atoms. The van der Waals surface area contributed by atoms with Crippen LogP contribution in [0.3, 0.4) is 0 Å². The van der Waals surface area contributed by atoms with Crippen molar-refractivity contribution in [2.75, 3.05) is 27.3 Å². The van der Waals surface area contributed by atoms with Crippen LogP contribution in [0.5, 0.6) is 0 Å². The van der Waals surface area contributed by atoms with Crippen LogP contribution in [-0.2, 0) is 30.2 Å². The molecule has 0 saturated carbocycles. The lowest BCUT2D eigenvalue weighted by Gasteiger charge is -2.45. The number of para-hydroxylation sites is 1. The second-order valence-corrected chi connectivity index (χ2v) is 10.2. The Hall–Kier alpha value is -3.13. The Kier molecular flexibility index (Phi) is 6.77. The number of carbonyl (C=O) groups excluding carboxylic acids is 3. The summed E-state index contributed by atoms with van der Waals surface area (Å²) in [6, 6.07) is 7.68. The van der Waals surface area contributed by atoms with Gasteiger partial charge in [0, 0.05) is 24.4 Å². The normalized spacial score (nSPS) is 21.5. The van der Waals surface area contributed by atoms with Gasteiger partial charge in [-0.2, -0.15) is 0 Å². The molecule has 0 radical (unpaired) electrons. The van der Waals surface area contributed by atoms with E-state index in [2.05, 4.69) is 4.90 Å². The number of rotatable bonds is 3. The molecule has 8 nitrogen and oxygen atoms in total. The Balaban J connectivity index is 1.86. The number of ether oxygens (including phenoxy) is 3. The number of benzene rings is 1. The molecule has 0 N–H and O–H groups in total. The summed E-state index contributed by atoms with van der Waals surface area (Å²) in [6.45, 7) is 8.86. The third-order valence-electron chi connectivity index (χ3n) is 7.02. The standard InChI is InChI=1S/C27H34N2O6/c1-7-16-15-28-13-12-18-17-10-8-9-11-20(17)29(26(32)35-27(2,3)4)23(18)21(28)14-19(16)22(24(30)33-5)25(31)34-6/h7-11,19,21-22H,12-15H2,1-6H3/b16-7+/t19-,21-/m0/s1. The van der Waals surface area contributed by atoms with E-state index in [4.69, 9.17) is 14.2 Å². The average molecular weight is 483 g/mol. The van der Waals surface area contributed by atoms with Gasteiger partial charge in [0.2, 0.25) is 0 Å². The molecule has 0 bridgehead atoms. The van der Waals surface area contributed by atoms with E-state index in [9.17, 15) is 14.4 Å². The van der Waals surface area contributed by atoms with Crippen LogP contribution in [0.25, 0.3) is 10.9 Å². The zero-order chi connectivity index (χ0) is 25.5. The minimum Gasteiger partial charge on any atom is -0.468 e. The molecule has 4 rings (SSSR count). The third kappa shape index (κ3) is 4.47. The van der Waals surface area contributed by atoms with Crippen LogP contribution < -0.4 is 0 Å². The summed E-state index contributed by atoms with van der Waals surface area (Å²) < 4.78 is 17.5. The maximum Gasteiger partial charge on any atom is 0.419 e. The number of fused-ring (bicyclic) bond motifs is 5. The van der Waals surface area contributed by atoms with Crippen molar-refractivity contribution in [1.29, 1.82) is 0 Å². The van der Waals surface area contributed by atoms with E-state index < -0.39 is 35.5 Å². The van der Waals surface area contributed by atoms with Gasteiger partial charge in [-0.3, -0.25) is 14.5 Å². The van der Waals surface area contributed by atoms with Crippen molar-refractivity contribution in [1.82, 2.24) is 9.47 Å². The molecule has 8 heteroatoms. The molecule has 2 aliphatic heterocycles. The summed E-state index contributed by atoms with van der Waals surface area (Å²) in [6.07, 6.45) is 2.81. The summed E-state index contributed by atoms with van der Waals surface area (Å²) in [4.78, 5) is 41.2. The minimum absolute atomic E-state index is 0.177. The van der Waals surface area contributed by atoms with Crippen LogP contribution in [0.2, 0.25) is 0 Å². The molecule has 1 saturated heterocycles. The maximum absolute atomic E-state index is 13.5. The largest absolute Gasteiger partial charge is 0.468 e. The van der Waals surface area contributed by atoms with Crippen molar-refractivity contribution in [2.45, 2.75) is 52.2 Å². The summed E-state index contributed by atoms with van der Waals surface area (Å²) >= 11 is 0. The maximum atomic E-state index is 13.5. The van der Waals surface area contributed by atoms with Gasteiger partial charge in [-0.15, -0.1) is 0 Å². The summed E-state index contributed by atoms with van der Waals surface area (Å²) in [5, 5.41) is 1.03. The van der Waals surface area contributed by atoms with Crippen LogP contribution in [0.4, 0.5) is 4.79 Å². The van der Waals surface area contributed by atoms with Crippen LogP contribution in [0.1, 0.15) is 51.4 Å². The van der Waals surface area contributed by atoms with Crippen LogP contribution in [0, 0.1) is 11.8 Å². The van der Waals surface area contributed by atoms with Gasteiger partial charge in [0.1, 0.15) is 5.60 Å². The zero-order valence-electron chi connectivity index (χ0n) is 21.3. The second-order valence-electron chi connectivity index (χ2n) is 10.2. The van der Waals surface area contributed by atoms with Gasteiger partial charge in [-0.05, 0) is 52.2 Å². The molecule has 1 aromatic carbocycles. The van der Waals surface area contributed by atoms with E-state index in [1.807, 2.05) is 58.0 Å². The molecule has 188 valence electrons. The van der Waals surface area contributed by atoms with Crippen LogP contribution in [-0.4, -0.2) is 60.4 Å². The Labute approximate surface area is 205 Å². The number of hydrogen-bond donors (Lipinski definition) is 0. The van der Waals surface area contributed by atoms with Gasteiger partial charge in [-0.25, -0.2) is 9.36 Å². The van der Waals surface area contributed by atoms with Crippen molar-refractivity contribution >= 4 is 28.9 Å². The predicted molar refractivity (Wildman–Crippen MR) is 131 cm³/mol. The predicted octanol–water partition coefficient (Wildman–Crippen LogP) is 4.25. The first-order chi connectivity index (χ1) is 16.6. The van der Waals surface area contributed by atoms with E-state index in [0.717, 1.165) is 40.7 Å². The molecule has 0 unspecified atom stereocenters. The Morgan fingerprint density at radius 3 is 2.34 bits per heavy atom. The second kappa shape index (κ2) is 9.49. The fraction of sp³-hybridized carbons (Fsp3) is 0.519. The molecule has 0 aliphatic carbocycles. The number of methoxy groups -OCH3 is 2. The Bertz CT molecular complexity index is 1170. The van der Waals surface area contributed by atoms with Gasteiger partial charge in [0.15, 0.2) is 5.92 Å². The SMILES string of the molecule is C/C=C1\CN2CCc3c(n(C(=O)OC(C)(C)C)c4ccccc34)[C@@H]2C[C@@H]1C(C(=O)OC)C(=O)OC. The lowest BCUT2D eigenvalue weighted by Crippen LogP contribution is -2.47. The molecule has 3 heterocycles. The highest BCUT2D eigenvalue weighted by Crippen LogP contribution is 2.46. The number of piperidine rings is 1. The summed E-state index contributed by atoms with van der Waals surface area (Å²) in [5.74, 6) is -2.70. The van der Waals surface area contributed by atoms with Crippen LogP contribution in [0.15, 0.2) is 35.9 Å². The van der Waals surface area contributed by atoms with Crippen molar-refractivity contribution in [3.05, 3.63) is 47.2 Å². The lowest BCUT2D eigenvalue weighted by molar-refractivity contribution is -0.161. The number of allylic oxidation sites excluding steroid dienone is 1. The van der Waals surface area contributed by atoms with Gasteiger partial charge < -0.3 is 14.2 Å². The molecule has 1 fully saturated rings. The number of nitrogens with zero attached hydrogens (tertiary/aromatic N) is 2. The number of carbonyl (C=O) groups is 3. The number of hydrogen-bond acceptors (Lipinski definition) is 7. The van der Waals surface area contributed by atoms with Crippen LogP contribution >= 0.6 is 0 Å². The molecular weight excluding hydrogens is 448 g/mol. The average Bonchev–Trinajstić information content (AvgIpc) is 3.17. The highest BCUT2D eigenvalue weighted by atomic mass is 16.6. The van der Waals surface area contributed by atoms with Gasteiger partial charge in [0.25, 0.3) is 0 Å². The monoisotopic (exact) mass is 482 g/mol. The Morgan fingerprint density at radius 2 is 1.74 bits per heavy atom. The zero-order valence-corrected chi connectivity index (χ0v) is 21.3. The van der Waals surface area contributed by atoms with Gasteiger partial charge in [-0.1, -0.05) is 29.8 Å². The molecule has 2 aliphatic rings. The fourth-order valence-corrected chi connectivity index (χ4v) is 5.56. The first-order valence-electron chi connectivity index (χ1n) is 12.0. The molecule has 0 amide bonds. The van der Waals surface area contributed by atoms with Crippen molar-refractivity contribution in [2.24, 2.45) is 11.8 Å². The molecule has 2 atom stereocenters. The smallest absolute Gasteiger partial charge is 0.419 e. The minimum atomic E-state index is -1.07. The topological polar surface area (TPSA) is 87.1 Å². The molecule has 35 heavy (non-hydrogen) atoms. The van der Waals surface area contributed by atoms with Crippen molar-refractivity contribution in [3.8, 4) is 0 Å². The molecule has 1 aromatic heterocycles. The first kappa shape index (κ1) is 25.0. The highest BCUT2D eigenvalue weighted by Gasteiger charge is 2.47.